The average Bonchev–Trinajstić information content (AvgIpc) is 3.00. The third-order valence-corrected chi connectivity index (χ3v) is 4.30. The zero-order valence-corrected chi connectivity index (χ0v) is 15.7. The number of methoxy groups -OCH3 is 1. The van der Waals surface area contributed by atoms with Gasteiger partial charge in [-0.25, -0.2) is 4.98 Å². The van der Waals surface area contributed by atoms with E-state index in [9.17, 15) is 4.79 Å². The lowest BCUT2D eigenvalue weighted by Gasteiger charge is -2.18. The van der Waals surface area contributed by atoms with Crippen LogP contribution in [0.25, 0.3) is 11.0 Å². The van der Waals surface area contributed by atoms with Crippen molar-refractivity contribution in [3.05, 3.63) is 59.9 Å². The van der Waals surface area contributed by atoms with Gasteiger partial charge in [-0.05, 0) is 43.2 Å². The number of hydrogen-bond donors (Lipinski definition) is 1. The maximum Gasteiger partial charge on any atom is 0.251 e. The van der Waals surface area contributed by atoms with E-state index in [1.165, 1.54) is 0 Å². The fraction of sp³-hybridized carbons (Fsp3) is 0.333. The molecule has 3 rings (SSSR count). The zero-order valence-electron chi connectivity index (χ0n) is 15.7. The highest BCUT2D eigenvalue weighted by atomic mass is 16.5. The van der Waals surface area contributed by atoms with Crippen molar-refractivity contribution < 1.29 is 9.53 Å². The van der Waals surface area contributed by atoms with Gasteiger partial charge < -0.3 is 14.6 Å². The van der Waals surface area contributed by atoms with Gasteiger partial charge in [0.15, 0.2) is 0 Å². The molecular formula is C21H25N3O2. The molecule has 26 heavy (non-hydrogen) atoms. The molecule has 0 aliphatic heterocycles. The van der Waals surface area contributed by atoms with Gasteiger partial charge in [0.25, 0.3) is 5.91 Å². The molecule has 1 unspecified atom stereocenters. The molecule has 1 N–H and O–H groups in total. The first kappa shape index (κ1) is 18.0. The lowest BCUT2D eigenvalue weighted by Crippen LogP contribution is -2.29. The summed E-state index contributed by atoms with van der Waals surface area (Å²) in [5.74, 6) is 1.88. The third kappa shape index (κ3) is 3.72. The second kappa shape index (κ2) is 7.60. The van der Waals surface area contributed by atoms with Gasteiger partial charge in [0, 0.05) is 12.1 Å². The Morgan fingerprint density at radius 2 is 1.92 bits per heavy atom. The summed E-state index contributed by atoms with van der Waals surface area (Å²) >= 11 is 0. The van der Waals surface area contributed by atoms with Crippen LogP contribution in [0.4, 0.5) is 0 Å². The Bertz CT molecular complexity index is 915. The molecule has 5 heteroatoms. The number of rotatable bonds is 6. The number of nitrogens with one attached hydrogen (secondary N) is 1. The van der Waals surface area contributed by atoms with E-state index < -0.39 is 0 Å². The van der Waals surface area contributed by atoms with Crippen LogP contribution >= 0.6 is 0 Å². The van der Waals surface area contributed by atoms with Gasteiger partial charge in [0.2, 0.25) is 0 Å². The number of aromatic nitrogens is 2. The minimum atomic E-state index is -0.208. The quantitative estimate of drug-likeness (QED) is 0.724. The first-order valence-electron chi connectivity index (χ1n) is 8.89. The van der Waals surface area contributed by atoms with Crippen LogP contribution in [0.1, 0.15) is 43.0 Å². The van der Waals surface area contributed by atoms with E-state index >= 15 is 0 Å². The molecule has 0 saturated carbocycles. The third-order valence-electron chi connectivity index (χ3n) is 4.30. The number of para-hydroxylation sites is 2. The summed E-state index contributed by atoms with van der Waals surface area (Å²) in [5.41, 5.74) is 2.62. The number of imidazole rings is 1. The van der Waals surface area contributed by atoms with E-state index in [1.54, 1.807) is 19.2 Å². The molecule has 1 aromatic heterocycles. The Morgan fingerprint density at radius 3 is 2.65 bits per heavy atom. The first-order valence-corrected chi connectivity index (χ1v) is 8.89. The summed E-state index contributed by atoms with van der Waals surface area (Å²) in [4.78, 5) is 17.4. The normalized spacial score (nSPS) is 12.3. The largest absolute Gasteiger partial charge is 0.497 e. The van der Waals surface area contributed by atoms with Crippen LogP contribution in [0, 0.1) is 5.92 Å². The zero-order chi connectivity index (χ0) is 18.7. The van der Waals surface area contributed by atoms with E-state index in [-0.39, 0.29) is 11.9 Å². The number of carbonyl (C=O) groups is 1. The highest BCUT2D eigenvalue weighted by molar-refractivity contribution is 5.94. The maximum absolute atomic E-state index is 12.6. The summed E-state index contributed by atoms with van der Waals surface area (Å²) in [6.07, 6.45) is 0. The number of benzene rings is 2. The number of fused-ring (bicyclic) bond motifs is 1. The van der Waals surface area contributed by atoms with E-state index in [2.05, 4.69) is 29.8 Å². The number of amides is 1. The summed E-state index contributed by atoms with van der Waals surface area (Å²) in [6, 6.07) is 15.0. The summed E-state index contributed by atoms with van der Waals surface area (Å²) in [6.45, 7) is 7.18. The molecule has 1 amide bonds. The minimum absolute atomic E-state index is 0.139. The molecule has 3 aromatic rings. The predicted octanol–water partition coefficient (Wildman–Crippen LogP) is 4.19. The molecule has 0 aliphatic rings. The second-order valence-corrected chi connectivity index (χ2v) is 6.89. The van der Waals surface area contributed by atoms with Crippen LogP contribution in [0.5, 0.6) is 5.75 Å². The van der Waals surface area contributed by atoms with Crippen LogP contribution in [0.2, 0.25) is 0 Å². The molecule has 5 nitrogen and oxygen atoms in total. The predicted molar refractivity (Wildman–Crippen MR) is 103 cm³/mol. The van der Waals surface area contributed by atoms with Gasteiger partial charge >= 0.3 is 0 Å². The van der Waals surface area contributed by atoms with E-state index in [0.29, 0.717) is 17.2 Å². The Kier molecular flexibility index (Phi) is 5.26. The maximum atomic E-state index is 12.6. The van der Waals surface area contributed by atoms with Crippen LogP contribution in [-0.2, 0) is 6.54 Å². The van der Waals surface area contributed by atoms with Crippen molar-refractivity contribution in [1.29, 1.82) is 0 Å². The van der Waals surface area contributed by atoms with Crippen molar-refractivity contribution >= 4 is 16.9 Å². The van der Waals surface area contributed by atoms with Crippen molar-refractivity contribution in [1.82, 2.24) is 14.9 Å². The second-order valence-electron chi connectivity index (χ2n) is 6.89. The Labute approximate surface area is 154 Å². The average molecular weight is 351 g/mol. The molecule has 1 atom stereocenters. The van der Waals surface area contributed by atoms with Gasteiger partial charge in [-0.3, -0.25) is 4.79 Å². The molecule has 0 aliphatic carbocycles. The molecule has 0 fully saturated rings. The lowest BCUT2D eigenvalue weighted by atomic mass is 10.1. The standard InChI is InChI=1S/C21H25N3O2/c1-14(2)13-24-19-11-6-5-10-18(19)23-20(24)15(3)22-21(25)16-8-7-9-17(12-16)26-4/h5-12,14-15H,13H2,1-4H3,(H,22,25). The highest BCUT2D eigenvalue weighted by Gasteiger charge is 2.19. The summed E-state index contributed by atoms with van der Waals surface area (Å²) in [7, 11) is 1.59. The van der Waals surface area contributed by atoms with E-state index in [4.69, 9.17) is 9.72 Å². The fourth-order valence-corrected chi connectivity index (χ4v) is 3.09. The van der Waals surface area contributed by atoms with Gasteiger partial charge in [-0.15, -0.1) is 0 Å². The Hall–Kier alpha value is -2.82. The monoisotopic (exact) mass is 351 g/mol. The van der Waals surface area contributed by atoms with Crippen molar-refractivity contribution in [2.75, 3.05) is 7.11 Å². The number of ether oxygens (including phenoxy) is 1. The fourth-order valence-electron chi connectivity index (χ4n) is 3.09. The van der Waals surface area contributed by atoms with E-state index in [0.717, 1.165) is 23.4 Å². The number of carbonyl (C=O) groups excluding carboxylic acids is 1. The van der Waals surface area contributed by atoms with Gasteiger partial charge in [-0.2, -0.15) is 0 Å². The van der Waals surface area contributed by atoms with Crippen molar-refractivity contribution in [2.45, 2.75) is 33.4 Å². The van der Waals surface area contributed by atoms with Crippen LogP contribution < -0.4 is 10.1 Å². The minimum Gasteiger partial charge on any atom is -0.497 e. The van der Waals surface area contributed by atoms with Crippen molar-refractivity contribution in [3.8, 4) is 5.75 Å². The van der Waals surface area contributed by atoms with Gasteiger partial charge in [0.1, 0.15) is 11.6 Å². The van der Waals surface area contributed by atoms with E-state index in [1.807, 2.05) is 37.3 Å². The molecule has 0 spiro atoms. The molecule has 1 heterocycles. The van der Waals surface area contributed by atoms with Gasteiger partial charge in [-0.1, -0.05) is 32.0 Å². The number of nitrogens with zero attached hydrogens (tertiary/aromatic N) is 2. The smallest absolute Gasteiger partial charge is 0.251 e. The van der Waals surface area contributed by atoms with Crippen LogP contribution in [-0.4, -0.2) is 22.6 Å². The SMILES string of the molecule is COc1cccc(C(=O)NC(C)c2nc3ccccc3n2CC(C)C)c1. The van der Waals surface area contributed by atoms with Crippen LogP contribution in [0.3, 0.4) is 0 Å². The van der Waals surface area contributed by atoms with Gasteiger partial charge in [0.05, 0.1) is 24.2 Å². The van der Waals surface area contributed by atoms with Crippen molar-refractivity contribution in [3.63, 3.8) is 0 Å². The first-order chi connectivity index (χ1) is 12.5. The molecular weight excluding hydrogens is 326 g/mol. The molecule has 0 saturated heterocycles. The Morgan fingerprint density at radius 1 is 1.15 bits per heavy atom. The molecule has 136 valence electrons. The highest BCUT2D eigenvalue weighted by Crippen LogP contribution is 2.23. The molecule has 0 bridgehead atoms. The van der Waals surface area contributed by atoms with Crippen molar-refractivity contribution in [2.24, 2.45) is 5.92 Å². The number of hydrogen-bond acceptors (Lipinski definition) is 3. The lowest BCUT2D eigenvalue weighted by molar-refractivity contribution is 0.0937. The van der Waals surface area contributed by atoms with Crippen LogP contribution in [0.15, 0.2) is 48.5 Å². The molecule has 2 aromatic carbocycles. The Balaban J connectivity index is 1.89. The summed E-state index contributed by atoms with van der Waals surface area (Å²) < 4.78 is 7.41. The summed E-state index contributed by atoms with van der Waals surface area (Å²) in [5, 5.41) is 3.06. The molecule has 0 radical (unpaired) electrons. The topological polar surface area (TPSA) is 56.1 Å².